The zero-order chi connectivity index (χ0) is 19.5. The lowest BCUT2D eigenvalue weighted by Gasteiger charge is -2.04. The summed E-state index contributed by atoms with van der Waals surface area (Å²) in [5.41, 5.74) is 2.45. The predicted molar refractivity (Wildman–Crippen MR) is 107 cm³/mol. The monoisotopic (exact) mass is 393 g/mol. The summed E-state index contributed by atoms with van der Waals surface area (Å²) < 4.78 is 6.83. The molecule has 2 heterocycles. The average molecular weight is 393 g/mol. The first-order valence-electron chi connectivity index (χ1n) is 8.35. The van der Waals surface area contributed by atoms with Crippen LogP contribution in [0.1, 0.15) is 6.92 Å². The molecule has 0 spiro atoms. The summed E-state index contributed by atoms with van der Waals surface area (Å²) in [5, 5.41) is 11.5. The molecule has 0 atom stereocenters. The number of benzene rings is 2. The topological polar surface area (TPSA) is 97.6 Å². The van der Waals surface area contributed by atoms with Gasteiger partial charge in [0.2, 0.25) is 10.9 Å². The molecule has 0 fully saturated rings. The van der Waals surface area contributed by atoms with E-state index < -0.39 is 6.09 Å². The van der Waals surface area contributed by atoms with E-state index in [4.69, 9.17) is 4.74 Å². The van der Waals surface area contributed by atoms with Crippen LogP contribution in [0.25, 0.3) is 16.2 Å². The number of amides is 2. The minimum atomic E-state index is -0.661. The summed E-state index contributed by atoms with van der Waals surface area (Å²) in [6.45, 7) is 1.46. The fourth-order valence-corrected chi connectivity index (χ4v) is 3.40. The quantitative estimate of drug-likeness (QED) is 0.546. The van der Waals surface area contributed by atoms with Crippen molar-refractivity contribution in [2.75, 3.05) is 10.6 Å². The Balaban J connectivity index is 1.52. The molecule has 2 aromatic carbocycles. The molecule has 2 aromatic heterocycles. The number of thiazole rings is 1. The maximum absolute atomic E-state index is 12.0. The molecule has 140 valence electrons. The fraction of sp³-hybridized carbons (Fsp3) is 0.0526. The van der Waals surface area contributed by atoms with Crippen molar-refractivity contribution in [1.82, 2.24) is 14.6 Å². The number of aromatic nitrogens is 3. The van der Waals surface area contributed by atoms with Gasteiger partial charge < -0.3 is 10.1 Å². The lowest BCUT2D eigenvalue weighted by molar-refractivity contribution is -0.114. The van der Waals surface area contributed by atoms with E-state index in [2.05, 4.69) is 20.7 Å². The number of carbonyl (C=O) groups is 2. The highest BCUT2D eigenvalue weighted by molar-refractivity contribution is 7.15. The van der Waals surface area contributed by atoms with Crippen molar-refractivity contribution in [1.29, 1.82) is 0 Å². The zero-order valence-electron chi connectivity index (χ0n) is 14.7. The first-order valence-corrected chi connectivity index (χ1v) is 9.22. The van der Waals surface area contributed by atoms with Crippen LogP contribution in [0.4, 0.5) is 16.4 Å². The SMILES string of the molecule is CC(=O)Nc1ccc(-c2csc3nc(NC(=O)Oc4ccccc4)nn23)cc1. The third kappa shape index (κ3) is 3.84. The van der Waals surface area contributed by atoms with Crippen LogP contribution in [0.5, 0.6) is 5.75 Å². The summed E-state index contributed by atoms with van der Waals surface area (Å²) in [6.07, 6.45) is -0.661. The van der Waals surface area contributed by atoms with Crippen LogP contribution in [0.15, 0.2) is 60.0 Å². The molecule has 0 radical (unpaired) electrons. The molecule has 0 unspecified atom stereocenters. The van der Waals surface area contributed by atoms with Gasteiger partial charge in [0, 0.05) is 23.6 Å². The van der Waals surface area contributed by atoms with Gasteiger partial charge in [0.05, 0.1) is 5.69 Å². The van der Waals surface area contributed by atoms with E-state index in [0.29, 0.717) is 16.4 Å². The predicted octanol–water partition coefficient (Wildman–Crippen LogP) is 4.03. The molecule has 2 N–H and O–H groups in total. The van der Waals surface area contributed by atoms with Crippen molar-refractivity contribution in [3.63, 3.8) is 0 Å². The fourth-order valence-electron chi connectivity index (χ4n) is 2.57. The number of para-hydroxylation sites is 1. The number of nitrogens with one attached hydrogen (secondary N) is 2. The molecule has 4 rings (SSSR count). The molecular formula is C19H15N5O3S. The van der Waals surface area contributed by atoms with E-state index in [0.717, 1.165) is 11.3 Å². The Kier molecular flexibility index (Phi) is 4.73. The Labute approximate surface area is 163 Å². The number of rotatable bonds is 4. The summed E-state index contributed by atoms with van der Waals surface area (Å²) in [5.74, 6) is 0.463. The normalized spacial score (nSPS) is 10.6. The van der Waals surface area contributed by atoms with Crippen LogP contribution in [0, 0.1) is 0 Å². The molecule has 0 aliphatic heterocycles. The zero-order valence-corrected chi connectivity index (χ0v) is 15.6. The van der Waals surface area contributed by atoms with Crippen molar-refractivity contribution in [2.45, 2.75) is 6.92 Å². The standard InChI is InChI=1S/C19H15N5O3S/c1-12(25)20-14-9-7-13(8-10-14)16-11-28-18-21-17(23-24(16)18)22-19(26)27-15-5-3-2-4-6-15/h2-11H,1H3,(H,20,25)(H,22,23,26). The van der Waals surface area contributed by atoms with E-state index >= 15 is 0 Å². The first-order chi connectivity index (χ1) is 13.6. The first kappa shape index (κ1) is 17.7. The molecule has 4 aromatic rings. The molecule has 0 saturated carbocycles. The summed E-state index contributed by atoms with van der Waals surface area (Å²) in [6, 6.07) is 16.1. The Morgan fingerprint density at radius 2 is 1.79 bits per heavy atom. The minimum Gasteiger partial charge on any atom is -0.410 e. The number of hydrogen-bond donors (Lipinski definition) is 2. The smallest absolute Gasteiger partial charge is 0.410 e. The third-order valence-electron chi connectivity index (χ3n) is 3.75. The van der Waals surface area contributed by atoms with Crippen LogP contribution in [0.2, 0.25) is 0 Å². The third-order valence-corrected chi connectivity index (χ3v) is 4.57. The highest BCUT2D eigenvalue weighted by atomic mass is 32.1. The number of anilines is 2. The van der Waals surface area contributed by atoms with Crippen LogP contribution in [0.3, 0.4) is 0 Å². The number of ether oxygens (including phenoxy) is 1. The molecule has 0 bridgehead atoms. The second-order valence-corrected chi connectivity index (χ2v) is 6.67. The van der Waals surface area contributed by atoms with E-state index in [1.807, 2.05) is 35.7 Å². The Morgan fingerprint density at radius 3 is 2.50 bits per heavy atom. The summed E-state index contributed by atoms with van der Waals surface area (Å²) in [7, 11) is 0. The van der Waals surface area contributed by atoms with E-state index in [9.17, 15) is 9.59 Å². The lowest BCUT2D eigenvalue weighted by Crippen LogP contribution is -2.17. The second-order valence-electron chi connectivity index (χ2n) is 5.84. The molecule has 28 heavy (non-hydrogen) atoms. The van der Waals surface area contributed by atoms with Gasteiger partial charge in [-0.3, -0.25) is 10.1 Å². The van der Waals surface area contributed by atoms with Gasteiger partial charge in [-0.15, -0.1) is 16.4 Å². The van der Waals surface area contributed by atoms with Gasteiger partial charge in [0.15, 0.2) is 0 Å². The van der Waals surface area contributed by atoms with Gasteiger partial charge in [-0.05, 0) is 24.3 Å². The van der Waals surface area contributed by atoms with Crippen molar-refractivity contribution in [3.05, 3.63) is 60.0 Å². The van der Waals surface area contributed by atoms with Gasteiger partial charge >= 0.3 is 6.09 Å². The van der Waals surface area contributed by atoms with Crippen LogP contribution < -0.4 is 15.4 Å². The molecule has 0 aliphatic carbocycles. The maximum atomic E-state index is 12.0. The summed E-state index contributed by atoms with van der Waals surface area (Å²) >= 11 is 1.40. The highest BCUT2D eigenvalue weighted by Gasteiger charge is 2.14. The van der Waals surface area contributed by atoms with Crippen molar-refractivity contribution >= 4 is 39.9 Å². The lowest BCUT2D eigenvalue weighted by atomic mass is 10.1. The number of hydrogen-bond acceptors (Lipinski definition) is 6. The molecule has 8 nitrogen and oxygen atoms in total. The molecule has 9 heteroatoms. The van der Waals surface area contributed by atoms with E-state index in [1.165, 1.54) is 18.3 Å². The number of fused-ring (bicyclic) bond motifs is 1. The van der Waals surface area contributed by atoms with E-state index in [-0.39, 0.29) is 11.9 Å². The van der Waals surface area contributed by atoms with Crippen molar-refractivity contribution in [2.24, 2.45) is 0 Å². The molecule has 2 amide bonds. The molecule has 0 saturated heterocycles. The van der Waals surface area contributed by atoms with Crippen LogP contribution >= 0.6 is 11.3 Å². The Morgan fingerprint density at radius 1 is 1.04 bits per heavy atom. The van der Waals surface area contributed by atoms with E-state index in [1.54, 1.807) is 28.8 Å². The van der Waals surface area contributed by atoms with Gasteiger partial charge in [0.25, 0.3) is 5.95 Å². The second kappa shape index (κ2) is 7.49. The largest absolute Gasteiger partial charge is 0.419 e. The Hall–Kier alpha value is -3.72. The van der Waals surface area contributed by atoms with Crippen molar-refractivity contribution < 1.29 is 14.3 Å². The maximum Gasteiger partial charge on any atom is 0.419 e. The van der Waals surface area contributed by atoms with Crippen LogP contribution in [-0.2, 0) is 4.79 Å². The molecule has 0 aliphatic rings. The van der Waals surface area contributed by atoms with Crippen molar-refractivity contribution in [3.8, 4) is 17.0 Å². The van der Waals surface area contributed by atoms with Crippen LogP contribution in [-0.4, -0.2) is 26.6 Å². The number of nitrogens with zero attached hydrogens (tertiary/aromatic N) is 3. The summed E-state index contributed by atoms with van der Waals surface area (Å²) in [4.78, 5) is 28.1. The van der Waals surface area contributed by atoms with Gasteiger partial charge in [-0.1, -0.05) is 30.3 Å². The average Bonchev–Trinajstić information content (AvgIpc) is 3.23. The highest BCUT2D eigenvalue weighted by Crippen LogP contribution is 2.27. The molecular weight excluding hydrogens is 378 g/mol. The Bertz CT molecular complexity index is 1140. The van der Waals surface area contributed by atoms with Gasteiger partial charge in [-0.25, -0.2) is 9.31 Å². The number of carbonyl (C=O) groups excluding carboxylic acids is 2. The van der Waals surface area contributed by atoms with Gasteiger partial charge in [0.1, 0.15) is 5.75 Å². The van der Waals surface area contributed by atoms with Gasteiger partial charge in [-0.2, -0.15) is 4.98 Å². The minimum absolute atomic E-state index is 0.125.